The molecule has 170 valence electrons. The third-order valence-corrected chi connectivity index (χ3v) is 7.74. The van der Waals surface area contributed by atoms with Gasteiger partial charge in [-0.05, 0) is 38.8 Å². The molecular weight excluding hydrogens is 426 g/mol. The molecule has 0 bridgehead atoms. The summed E-state index contributed by atoms with van der Waals surface area (Å²) in [6, 6.07) is 2.87. The van der Waals surface area contributed by atoms with Gasteiger partial charge in [0.25, 0.3) is 5.56 Å². The van der Waals surface area contributed by atoms with Crippen molar-refractivity contribution in [2.75, 3.05) is 31.1 Å². The summed E-state index contributed by atoms with van der Waals surface area (Å²) >= 11 is 0. The number of piperazine rings is 1. The number of anilines is 1. The SMILES string of the molecule is CCCCc1c(N2CCN(S(=O)(=O)C(C)C)CC2)cnn(-c2cc(F)cc(F)c2)c1=O. The number of halogens is 2. The van der Waals surface area contributed by atoms with Crippen molar-refractivity contribution in [2.24, 2.45) is 0 Å². The fourth-order valence-corrected chi connectivity index (χ4v) is 4.94. The average molecular weight is 455 g/mol. The molecule has 3 rings (SSSR count). The van der Waals surface area contributed by atoms with Gasteiger partial charge in [-0.15, -0.1) is 0 Å². The molecule has 1 aliphatic heterocycles. The second kappa shape index (κ2) is 9.44. The second-order valence-corrected chi connectivity index (χ2v) is 10.4. The topological polar surface area (TPSA) is 75.5 Å². The Morgan fingerprint density at radius 3 is 2.23 bits per heavy atom. The first-order valence-electron chi connectivity index (χ1n) is 10.5. The van der Waals surface area contributed by atoms with Crippen LogP contribution in [0, 0.1) is 11.6 Å². The minimum atomic E-state index is -3.33. The smallest absolute Gasteiger partial charge is 0.276 e. The number of hydrogen-bond acceptors (Lipinski definition) is 5. The molecule has 0 saturated carbocycles. The van der Waals surface area contributed by atoms with Crippen LogP contribution >= 0.6 is 0 Å². The maximum absolute atomic E-state index is 13.7. The van der Waals surface area contributed by atoms with Crippen LogP contribution in [0.25, 0.3) is 5.69 Å². The molecule has 31 heavy (non-hydrogen) atoms. The van der Waals surface area contributed by atoms with Gasteiger partial charge in [-0.3, -0.25) is 4.79 Å². The van der Waals surface area contributed by atoms with E-state index in [4.69, 9.17) is 0 Å². The molecule has 7 nitrogen and oxygen atoms in total. The Labute approximate surface area is 181 Å². The molecule has 2 aromatic rings. The Hall–Kier alpha value is -2.33. The predicted molar refractivity (Wildman–Crippen MR) is 116 cm³/mol. The van der Waals surface area contributed by atoms with Crippen molar-refractivity contribution in [1.82, 2.24) is 14.1 Å². The Balaban J connectivity index is 1.94. The highest BCUT2D eigenvalue weighted by Crippen LogP contribution is 2.23. The average Bonchev–Trinajstić information content (AvgIpc) is 2.72. The van der Waals surface area contributed by atoms with Gasteiger partial charge >= 0.3 is 0 Å². The van der Waals surface area contributed by atoms with Crippen molar-refractivity contribution < 1.29 is 17.2 Å². The number of rotatable bonds is 7. The lowest BCUT2D eigenvalue weighted by molar-refractivity contribution is 0.380. The summed E-state index contributed by atoms with van der Waals surface area (Å²) in [4.78, 5) is 15.2. The molecule has 0 atom stereocenters. The third kappa shape index (κ3) is 4.95. The maximum Gasteiger partial charge on any atom is 0.276 e. The minimum absolute atomic E-state index is 0.0274. The number of benzene rings is 1. The van der Waals surface area contributed by atoms with Crippen LogP contribution in [0.4, 0.5) is 14.5 Å². The fourth-order valence-electron chi connectivity index (χ4n) is 3.67. The Bertz CT molecular complexity index is 1070. The van der Waals surface area contributed by atoms with E-state index in [9.17, 15) is 22.0 Å². The van der Waals surface area contributed by atoms with Gasteiger partial charge in [0.15, 0.2) is 0 Å². The molecule has 10 heteroatoms. The molecule has 0 N–H and O–H groups in total. The summed E-state index contributed by atoms with van der Waals surface area (Å²) in [7, 11) is -3.33. The highest BCUT2D eigenvalue weighted by Gasteiger charge is 2.30. The van der Waals surface area contributed by atoms with Crippen LogP contribution in [0.1, 0.15) is 39.2 Å². The number of hydrogen-bond donors (Lipinski definition) is 0. The van der Waals surface area contributed by atoms with Crippen molar-refractivity contribution in [3.05, 3.63) is 51.9 Å². The lowest BCUT2D eigenvalue weighted by atomic mass is 10.1. The van der Waals surface area contributed by atoms with E-state index in [0.717, 1.165) is 35.7 Å². The van der Waals surface area contributed by atoms with Crippen molar-refractivity contribution >= 4 is 15.7 Å². The van der Waals surface area contributed by atoms with E-state index in [0.29, 0.717) is 43.9 Å². The Kier molecular flexibility index (Phi) is 7.10. The van der Waals surface area contributed by atoms with Crippen LogP contribution in [0.3, 0.4) is 0 Å². The van der Waals surface area contributed by atoms with Crippen molar-refractivity contribution in [3.63, 3.8) is 0 Å². The molecule has 1 aliphatic rings. The first-order valence-corrected chi connectivity index (χ1v) is 12.0. The van der Waals surface area contributed by atoms with E-state index in [1.54, 1.807) is 13.8 Å². The molecule has 1 aromatic heterocycles. The molecule has 0 radical (unpaired) electrons. The number of nitrogens with zero attached hydrogens (tertiary/aromatic N) is 4. The van der Waals surface area contributed by atoms with E-state index in [1.165, 1.54) is 10.5 Å². The normalized spacial score (nSPS) is 15.6. The molecule has 1 fully saturated rings. The molecular formula is C21H28F2N4O3S. The first kappa shape index (κ1) is 23.3. The van der Waals surface area contributed by atoms with Crippen LogP contribution in [0.15, 0.2) is 29.2 Å². The summed E-state index contributed by atoms with van der Waals surface area (Å²) in [5.41, 5.74) is 0.766. The molecule has 0 aliphatic carbocycles. The van der Waals surface area contributed by atoms with Crippen LogP contribution in [-0.2, 0) is 16.4 Å². The summed E-state index contributed by atoms with van der Waals surface area (Å²) in [5.74, 6) is -1.57. The third-order valence-electron chi connectivity index (χ3n) is 5.46. The molecule has 0 spiro atoms. The van der Waals surface area contributed by atoms with Crippen LogP contribution in [0.5, 0.6) is 0 Å². The van der Waals surface area contributed by atoms with Crippen molar-refractivity contribution in [3.8, 4) is 5.69 Å². The summed E-state index contributed by atoms with van der Waals surface area (Å²) in [6.45, 7) is 6.84. The lowest BCUT2D eigenvalue weighted by Crippen LogP contribution is -2.51. The van der Waals surface area contributed by atoms with Gasteiger partial charge in [-0.25, -0.2) is 17.2 Å². The van der Waals surface area contributed by atoms with E-state index in [2.05, 4.69) is 5.10 Å². The molecule has 0 unspecified atom stereocenters. The first-order chi connectivity index (χ1) is 14.6. The molecule has 0 amide bonds. The fraction of sp³-hybridized carbons (Fsp3) is 0.524. The molecule has 1 saturated heterocycles. The zero-order valence-corrected chi connectivity index (χ0v) is 18.8. The largest absolute Gasteiger partial charge is 0.367 e. The Morgan fingerprint density at radius 2 is 1.68 bits per heavy atom. The maximum atomic E-state index is 13.7. The second-order valence-electron chi connectivity index (χ2n) is 7.94. The number of unbranched alkanes of at least 4 members (excludes halogenated alkanes) is 1. The van der Waals surface area contributed by atoms with Crippen LogP contribution in [-0.4, -0.2) is 53.9 Å². The van der Waals surface area contributed by atoms with E-state index in [1.807, 2.05) is 11.8 Å². The quantitative estimate of drug-likeness (QED) is 0.643. The zero-order chi connectivity index (χ0) is 22.8. The highest BCUT2D eigenvalue weighted by molar-refractivity contribution is 7.89. The standard InChI is InChI=1S/C21H28F2N4O3S/c1-4-5-6-19-20(25-7-9-26(10-8-25)31(29,30)15(2)3)14-24-27(21(19)28)18-12-16(22)11-17(23)13-18/h11-15H,4-10H2,1-3H3. The molecule has 1 aromatic carbocycles. The number of aromatic nitrogens is 2. The van der Waals surface area contributed by atoms with Gasteiger partial charge in [-0.2, -0.15) is 14.1 Å². The minimum Gasteiger partial charge on any atom is -0.367 e. The van der Waals surface area contributed by atoms with Gasteiger partial charge in [0.1, 0.15) is 11.6 Å². The summed E-state index contributed by atoms with van der Waals surface area (Å²) in [5, 5.41) is 3.68. The van der Waals surface area contributed by atoms with Gasteiger partial charge in [0, 0.05) is 37.8 Å². The number of sulfonamides is 1. The van der Waals surface area contributed by atoms with Crippen LogP contribution < -0.4 is 10.5 Å². The summed E-state index contributed by atoms with van der Waals surface area (Å²) in [6.07, 6.45) is 3.67. The van der Waals surface area contributed by atoms with E-state index >= 15 is 0 Å². The zero-order valence-electron chi connectivity index (χ0n) is 18.0. The molecule has 2 heterocycles. The van der Waals surface area contributed by atoms with E-state index < -0.39 is 32.5 Å². The van der Waals surface area contributed by atoms with Gasteiger partial charge in [-0.1, -0.05) is 13.3 Å². The predicted octanol–water partition coefficient (Wildman–Crippen LogP) is 2.71. The summed E-state index contributed by atoms with van der Waals surface area (Å²) < 4.78 is 54.7. The van der Waals surface area contributed by atoms with Gasteiger partial charge in [0.2, 0.25) is 10.0 Å². The van der Waals surface area contributed by atoms with Crippen LogP contribution in [0.2, 0.25) is 0 Å². The van der Waals surface area contributed by atoms with Crippen molar-refractivity contribution in [2.45, 2.75) is 45.3 Å². The van der Waals surface area contributed by atoms with E-state index in [-0.39, 0.29) is 5.69 Å². The monoisotopic (exact) mass is 454 g/mol. The van der Waals surface area contributed by atoms with Gasteiger partial charge < -0.3 is 4.90 Å². The lowest BCUT2D eigenvalue weighted by Gasteiger charge is -2.36. The van der Waals surface area contributed by atoms with Gasteiger partial charge in [0.05, 0.1) is 22.8 Å². The Morgan fingerprint density at radius 1 is 1.06 bits per heavy atom. The van der Waals surface area contributed by atoms with Crippen molar-refractivity contribution in [1.29, 1.82) is 0 Å². The highest BCUT2D eigenvalue weighted by atomic mass is 32.2.